The number of nitrogens with zero attached hydrogens (tertiary/aromatic N) is 1. The number of thiophene rings is 1. The molecule has 2 heteroatoms. The Hall–Kier alpha value is -0.340. The van der Waals surface area contributed by atoms with Gasteiger partial charge in [0.2, 0.25) is 0 Å². The second kappa shape index (κ2) is 7.32. The maximum Gasteiger partial charge on any atom is 0.0235 e. The standard InChI is InChI=1S/C7H11NS.C3H8/c1-8(2)5-7-3-4-9-6-7;1-3-2/h3-4,6H,5H2,1-2H3;3H2,1-2H3. The first-order chi connectivity index (χ1) is 5.70. The molecular formula is C10H19NS. The van der Waals surface area contributed by atoms with Crippen molar-refractivity contribution in [1.29, 1.82) is 0 Å². The van der Waals surface area contributed by atoms with Gasteiger partial charge in [-0.05, 0) is 36.5 Å². The lowest BCUT2D eigenvalue weighted by molar-refractivity contribution is 0.403. The molecule has 1 rings (SSSR count). The van der Waals surface area contributed by atoms with E-state index in [0.717, 1.165) is 6.54 Å². The molecule has 1 aromatic heterocycles. The summed E-state index contributed by atoms with van der Waals surface area (Å²) < 4.78 is 0. The Kier molecular flexibility index (Phi) is 7.11. The molecule has 1 heterocycles. The summed E-state index contributed by atoms with van der Waals surface area (Å²) in [5, 5.41) is 4.29. The van der Waals surface area contributed by atoms with Crippen molar-refractivity contribution in [2.24, 2.45) is 0 Å². The van der Waals surface area contributed by atoms with Gasteiger partial charge in [0.05, 0.1) is 0 Å². The van der Waals surface area contributed by atoms with Crippen LogP contribution in [-0.4, -0.2) is 19.0 Å². The van der Waals surface area contributed by atoms with Gasteiger partial charge < -0.3 is 4.90 Å². The molecule has 12 heavy (non-hydrogen) atoms. The molecule has 0 saturated carbocycles. The van der Waals surface area contributed by atoms with E-state index in [1.165, 1.54) is 12.0 Å². The molecule has 1 nitrogen and oxygen atoms in total. The normalized spacial score (nSPS) is 9.42. The molecule has 0 aliphatic carbocycles. The number of hydrogen-bond acceptors (Lipinski definition) is 2. The zero-order valence-corrected chi connectivity index (χ0v) is 9.32. The topological polar surface area (TPSA) is 3.24 Å². The summed E-state index contributed by atoms with van der Waals surface area (Å²) in [5.41, 5.74) is 1.41. The Labute approximate surface area is 80.0 Å². The lowest BCUT2D eigenvalue weighted by Gasteiger charge is -2.05. The molecule has 0 N–H and O–H groups in total. The average molecular weight is 185 g/mol. The lowest BCUT2D eigenvalue weighted by Crippen LogP contribution is -2.09. The molecule has 0 aliphatic heterocycles. The van der Waals surface area contributed by atoms with Crippen LogP contribution in [0.3, 0.4) is 0 Å². The fourth-order valence-electron chi connectivity index (χ4n) is 0.748. The monoisotopic (exact) mass is 185 g/mol. The van der Waals surface area contributed by atoms with Crippen molar-refractivity contribution in [1.82, 2.24) is 4.90 Å². The third kappa shape index (κ3) is 6.38. The van der Waals surface area contributed by atoms with E-state index in [9.17, 15) is 0 Å². The van der Waals surface area contributed by atoms with Gasteiger partial charge in [-0.1, -0.05) is 20.3 Å². The van der Waals surface area contributed by atoms with Crippen LogP contribution in [0.2, 0.25) is 0 Å². The molecule has 0 spiro atoms. The van der Waals surface area contributed by atoms with Crippen LogP contribution in [-0.2, 0) is 6.54 Å². The fourth-order valence-corrected chi connectivity index (χ4v) is 1.41. The summed E-state index contributed by atoms with van der Waals surface area (Å²) in [6.07, 6.45) is 1.25. The highest BCUT2D eigenvalue weighted by Gasteiger charge is 1.92. The first kappa shape index (κ1) is 11.7. The third-order valence-electron chi connectivity index (χ3n) is 1.08. The van der Waals surface area contributed by atoms with Gasteiger partial charge in [0, 0.05) is 6.54 Å². The van der Waals surface area contributed by atoms with Gasteiger partial charge in [-0.15, -0.1) is 0 Å². The molecule has 0 fully saturated rings. The molecule has 0 saturated heterocycles. The molecule has 0 atom stereocenters. The van der Waals surface area contributed by atoms with Crippen molar-refractivity contribution in [3.05, 3.63) is 22.4 Å². The van der Waals surface area contributed by atoms with Crippen molar-refractivity contribution >= 4 is 11.3 Å². The van der Waals surface area contributed by atoms with Crippen LogP contribution in [0, 0.1) is 0 Å². The zero-order chi connectivity index (χ0) is 9.40. The van der Waals surface area contributed by atoms with Gasteiger partial charge in [0.15, 0.2) is 0 Å². The molecule has 70 valence electrons. The van der Waals surface area contributed by atoms with Gasteiger partial charge >= 0.3 is 0 Å². The minimum Gasteiger partial charge on any atom is -0.305 e. The van der Waals surface area contributed by atoms with Crippen LogP contribution in [0.15, 0.2) is 16.8 Å². The fraction of sp³-hybridized carbons (Fsp3) is 0.600. The Morgan fingerprint density at radius 2 is 1.92 bits per heavy atom. The van der Waals surface area contributed by atoms with E-state index in [1.54, 1.807) is 11.3 Å². The largest absolute Gasteiger partial charge is 0.305 e. The van der Waals surface area contributed by atoms with E-state index in [4.69, 9.17) is 0 Å². The van der Waals surface area contributed by atoms with Gasteiger partial charge in [0.1, 0.15) is 0 Å². The summed E-state index contributed by atoms with van der Waals surface area (Å²) in [7, 11) is 4.16. The number of rotatable bonds is 2. The Balaban J connectivity index is 0.000000354. The predicted octanol–water partition coefficient (Wildman–Crippen LogP) is 3.23. The van der Waals surface area contributed by atoms with Gasteiger partial charge in [-0.2, -0.15) is 11.3 Å². The van der Waals surface area contributed by atoms with Crippen LogP contribution in [0.5, 0.6) is 0 Å². The van der Waals surface area contributed by atoms with E-state index < -0.39 is 0 Å². The van der Waals surface area contributed by atoms with Crippen LogP contribution in [0.25, 0.3) is 0 Å². The summed E-state index contributed by atoms with van der Waals surface area (Å²) >= 11 is 1.75. The molecule has 1 aromatic rings. The van der Waals surface area contributed by atoms with E-state index in [2.05, 4.69) is 49.7 Å². The third-order valence-corrected chi connectivity index (χ3v) is 1.81. The summed E-state index contributed by atoms with van der Waals surface area (Å²) in [4.78, 5) is 2.17. The highest BCUT2D eigenvalue weighted by Crippen LogP contribution is 2.06. The van der Waals surface area contributed by atoms with Crippen molar-refractivity contribution in [2.75, 3.05) is 14.1 Å². The Bertz CT molecular complexity index is 168. The molecule has 0 radical (unpaired) electrons. The maximum absolute atomic E-state index is 2.18. The van der Waals surface area contributed by atoms with Crippen LogP contribution < -0.4 is 0 Å². The summed E-state index contributed by atoms with van der Waals surface area (Å²) in [5.74, 6) is 0. The van der Waals surface area contributed by atoms with E-state index in [1.807, 2.05) is 0 Å². The second-order valence-corrected chi connectivity index (χ2v) is 3.86. The molecule has 0 amide bonds. The smallest absolute Gasteiger partial charge is 0.0235 e. The molecule has 0 aromatic carbocycles. The predicted molar refractivity (Wildman–Crippen MR) is 57.7 cm³/mol. The zero-order valence-electron chi connectivity index (χ0n) is 8.50. The van der Waals surface area contributed by atoms with Crippen molar-refractivity contribution in [3.8, 4) is 0 Å². The minimum atomic E-state index is 1.06. The van der Waals surface area contributed by atoms with Gasteiger partial charge in [-0.3, -0.25) is 0 Å². The maximum atomic E-state index is 2.18. The first-order valence-electron chi connectivity index (χ1n) is 4.36. The quantitative estimate of drug-likeness (QED) is 0.684. The molecule has 0 unspecified atom stereocenters. The SMILES string of the molecule is CCC.CN(C)Cc1ccsc1. The molecule has 0 aliphatic rings. The summed E-state index contributed by atoms with van der Waals surface area (Å²) in [6.45, 7) is 5.31. The van der Waals surface area contributed by atoms with Crippen molar-refractivity contribution in [2.45, 2.75) is 26.8 Å². The second-order valence-electron chi connectivity index (χ2n) is 3.08. The molecular weight excluding hydrogens is 166 g/mol. The van der Waals surface area contributed by atoms with Gasteiger partial charge in [-0.25, -0.2) is 0 Å². The van der Waals surface area contributed by atoms with Crippen LogP contribution in [0.1, 0.15) is 25.8 Å². The van der Waals surface area contributed by atoms with E-state index >= 15 is 0 Å². The van der Waals surface area contributed by atoms with Crippen molar-refractivity contribution < 1.29 is 0 Å². The first-order valence-corrected chi connectivity index (χ1v) is 5.30. The van der Waals surface area contributed by atoms with Crippen LogP contribution in [0.4, 0.5) is 0 Å². The highest BCUT2D eigenvalue weighted by molar-refractivity contribution is 7.07. The Morgan fingerprint density at radius 1 is 1.33 bits per heavy atom. The Morgan fingerprint density at radius 3 is 2.25 bits per heavy atom. The lowest BCUT2D eigenvalue weighted by atomic mass is 10.3. The highest BCUT2D eigenvalue weighted by atomic mass is 32.1. The van der Waals surface area contributed by atoms with Gasteiger partial charge in [0.25, 0.3) is 0 Å². The van der Waals surface area contributed by atoms with Crippen LogP contribution >= 0.6 is 11.3 Å². The minimum absolute atomic E-state index is 1.06. The van der Waals surface area contributed by atoms with Crippen molar-refractivity contribution in [3.63, 3.8) is 0 Å². The van der Waals surface area contributed by atoms with E-state index in [0.29, 0.717) is 0 Å². The average Bonchev–Trinajstić information content (AvgIpc) is 2.40. The number of hydrogen-bond donors (Lipinski definition) is 0. The summed E-state index contributed by atoms with van der Waals surface area (Å²) in [6, 6.07) is 2.16. The molecule has 0 bridgehead atoms. The van der Waals surface area contributed by atoms with E-state index in [-0.39, 0.29) is 0 Å².